The largest absolute Gasteiger partial charge is 0.481 e. The maximum Gasteiger partial charge on any atom is 0.305 e. The van der Waals surface area contributed by atoms with Crippen molar-refractivity contribution in [3.63, 3.8) is 0 Å². The molecule has 0 spiro atoms. The summed E-state index contributed by atoms with van der Waals surface area (Å²) in [6.07, 6.45) is -0.218. The summed E-state index contributed by atoms with van der Waals surface area (Å²) in [5, 5.41) is 11.8. The number of rotatable bonds is 6. The van der Waals surface area contributed by atoms with E-state index < -0.39 is 12.0 Å². The Kier molecular flexibility index (Phi) is 6.51. The van der Waals surface area contributed by atoms with Gasteiger partial charge < -0.3 is 15.3 Å². The average molecular weight is 334 g/mol. The third-order valence-corrected chi connectivity index (χ3v) is 3.81. The molecular weight excluding hydrogens is 308 g/mol. The van der Waals surface area contributed by atoms with Crippen molar-refractivity contribution in [2.75, 3.05) is 13.6 Å². The fourth-order valence-electron chi connectivity index (χ4n) is 2.21. The molecule has 0 heterocycles. The van der Waals surface area contributed by atoms with Crippen molar-refractivity contribution in [2.24, 2.45) is 0 Å². The van der Waals surface area contributed by atoms with Gasteiger partial charge in [-0.1, -0.05) is 45.0 Å². The number of carboxylic acid groups (broad SMARTS) is 1. The first kappa shape index (κ1) is 19.7. The highest BCUT2D eigenvalue weighted by Gasteiger charge is 2.20. The fourth-order valence-corrected chi connectivity index (χ4v) is 2.21. The molecule has 0 aliphatic carbocycles. The summed E-state index contributed by atoms with van der Waals surface area (Å²) in [5.74, 6) is -1.62. The Labute approximate surface area is 142 Å². The Morgan fingerprint density at radius 3 is 2.12 bits per heavy atom. The monoisotopic (exact) mass is 334 g/mol. The highest BCUT2D eigenvalue weighted by Crippen LogP contribution is 2.25. The molecule has 1 aromatic rings. The van der Waals surface area contributed by atoms with E-state index in [4.69, 9.17) is 5.11 Å². The number of carboxylic acids is 1. The van der Waals surface area contributed by atoms with Crippen LogP contribution < -0.4 is 5.32 Å². The van der Waals surface area contributed by atoms with E-state index in [0.717, 1.165) is 11.1 Å². The molecular formula is C18H26N2O4. The quantitative estimate of drug-likeness (QED) is 0.834. The molecule has 6 heteroatoms. The average Bonchev–Trinajstić information content (AvgIpc) is 2.45. The van der Waals surface area contributed by atoms with Crippen molar-refractivity contribution >= 4 is 17.8 Å². The van der Waals surface area contributed by atoms with E-state index in [1.54, 1.807) is 0 Å². The Morgan fingerprint density at radius 2 is 1.71 bits per heavy atom. The smallest absolute Gasteiger partial charge is 0.305 e. The van der Waals surface area contributed by atoms with Gasteiger partial charge in [-0.3, -0.25) is 14.4 Å². The molecule has 132 valence electrons. The maximum atomic E-state index is 12.1. The second kappa shape index (κ2) is 7.95. The lowest BCUT2D eigenvalue weighted by Crippen LogP contribution is -2.39. The number of amides is 2. The summed E-state index contributed by atoms with van der Waals surface area (Å²) in [4.78, 5) is 35.6. The van der Waals surface area contributed by atoms with Crippen LogP contribution in [0.2, 0.25) is 0 Å². The first-order chi connectivity index (χ1) is 11.0. The maximum absolute atomic E-state index is 12.1. The molecule has 0 bridgehead atoms. The van der Waals surface area contributed by atoms with Gasteiger partial charge in [0.05, 0.1) is 19.0 Å². The number of likely N-dealkylation sites (N-methyl/N-ethyl adjacent to an activating group) is 1. The molecule has 0 aliphatic heterocycles. The number of hydrogen-bond acceptors (Lipinski definition) is 3. The van der Waals surface area contributed by atoms with E-state index in [2.05, 4.69) is 26.1 Å². The van der Waals surface area contributed by atoms with E-state index in [9.17, 15) is 14.4 Å². The van der Waals surface area contributed by atoms with Crippen LogP contribution in [0.1, 0.15) is 51.3 Å². The van der Waals surface area contributed by atoms with Crippen molar-refractivity contribution in [3.8, 4) is 0 Å². The molecule has 1 aromatic carbocycles. The van der Waals surface area contributed by atoms with Crippen LogP contribution in [0.25, 0.3) is 0 Å². The van der Waals surface area contributed by atoms with Gasteiger partial charge in [-0.15, -0.1) is 0 Å². The summed E-state index contributed by atoms with van der Waals surface area (Å²) in [6, 6.07) is 6.92. The Hall–Kier alpha value is -2.37. The molecule has 6 nitrogen and oxygen atoms in total. The Bertz CT molecular complexity index is 602. The minimum Gasteiger partial charge on any atom is -0.481 e. The molecule has 24 heavy (non-hydrogen) atoms. The second-order valence-electron chi connectivity index (χ2n) is 6.97. The van der Waals surface area contributed by atoms with Gasteiger partial charge in [-0.25, -0.2) is 0 Å². The van der Waals surface area contributed by atoms with Gasteiger partial charge in [0.25, 0.3) is 0 Å². The number of benzene rings is 1. The second-order valence-corrected chi connectivity index (χ2v) is 6.97. The molecule has 0 fully saturated rings. The first-order valence-corrected chi connectivity index (χ1v) is 7.84. The van der Waals surface area contributed by atoms with Gasteiger partial charge in [0.2, 0.25) is 11.8 Å². The van der Waals surface area contributed by atoms with Gasteiger partial charge in [0, 0.05) is 14.0 Å². The van der Waals surface area contributed by atoms with Gasteiger partial charge in [0.15, 0.2) is 0 Å². The molecule has 1 atom stereocenters. The topological polar surface area (TPSA) is 86.7 Å². The summed E-state index contributed by atoms with van der Waals surface area (Å²) < 4.78 is 0. The number of nitrogens with zero attached hydrogens (tertiary/aromatic N) is 1. The molecule has 0 radical (unpaired) electrons. The Balaban J connectivity index is 2.91. The molecule has 0 aromatic heterocycles. The lowest BCUT2D eigenvalue weighted by atomic mass is 9.86. The van der Waals surface area contributed by atoms with Gasteiger partial charge in [-0.05, 0) is 16.5 Å². The normalized spacial score (nSPS) is 12.4. The minimum absolute atomic E-state index is 0.00568. The number of nitrogens with one attached hydrogen (secondary N) is 1. The zero-order valence-corrected chi connectivity index (χ0v) is 14.9. The van der Waals surface area contributed by atoms with Crippen LogP contribution in [0.5, 0.6) is 0 Å². The summed E-state index contributed by atoms with van der Waals surface area (Å²) in [7, 11) is 1.52. The number of carbonyl (C=O) groups excluding carboxylic acids is 2. The van der Waals surface area contributed by atoms with Crippen LogP contribution in [0.4, 0.5) is 0 Å². The van der Waals surface area contributed by atoms with Gasteiger partial charge in [0.1, 0.15) is 0 Å². The zero-order valence-electron chi connectivity index (χ0n) is 14.9. The van der Waals surface area contributed by atoms with E-state index in [1.165, 1.54) is 18.9 Å². The van der Waals surface area contributed by atoms with Crippen LogP contribution >= 0.6 is 0 Å². The number of hydrogen-bond donors (Lipinski definition) is 2. The first-order valence-electron chi connectivity index (χ1n) is 7.84. The van der Waals surface area contributed by atoms with Crippen LogP contribution in [0.15, 0.2) is 24.3 Å². The van der Waals surface area contributed by atoms with Crippen molar-refractivity contribution in [1.29, 1.82) is 0 Å². The van der Waals surface area contributed by atoms with E-state index in [1.807, 2.05) is 24.3 Å². The molecule has 0 saturated carbocycles. The van der Waals surface area contributed by atoms with E-state index in [-0.39, 0.29) is 30.2 Å². The summed E-state index contributed by atoms with van der Waals surface area (Å²) >= 11 is 0. The lowest BCUT2D eigenvalue weighted by Gasteiger charge is -2.22. The third-order valence-electron chi connectivity index (χ3n) is 3.81. The highest BCUT2D eigenvalue weighted by atomic mass is 16.4. The summed E-state index contributed by atoms with van der Waals surface area (Å²) in [6.45, 7) is 7.54. The predicted octanol–water partition coefficient (Wildman–Crippen LogP) is 2.09. The van der Waals surface area contributed by atoms with E-state index >= 15 is 0 Å². The molecule has 0 aliphatic rings. The SMILES string of the molecule is CC(=O)N(C)CC(=O)NC(CC(=O)O)c1ccc(C(C)(C)C)cc1. The fraction of sp³-hybridized carbons (Fsp3) is 0.500. The molecule has 1 rings (SSSR count). The third kappa shape index (κ3) is 6.02. The molecule has 2 amide bonds. The van der Waals surface area contributed by atoms with Crippen LogP contribution in [0, 0.1) is 0 Å². The van der Waals surface area contributed by atoms with Crippen LogP contribution in [0.3, 0.4) is 0 Å². The van der Waals surface area contributed by atoms with Gasteiger partial charge in [-0.2, -0.15) is 0 Å². The number of carbonyl (C=O) groups is 3. The predicted molar refractivity (Wildman–Crippen MR) is 91.6 cm³/mol. The summed E-state index contributed by atoms with van der Waals surface area (Å²) in [5.41, 5.74) is 1.85. The molecule has 2 N–H and O–H groups in total. The van der Waals surface area contributed by atoms with Crippen molar-refractivity contribution < 1.29 is 19.5 Å². The van der Waals surface area contributed by atoms with Crippen molar-refractivity contribution in [2.45, 2.75) is 45.6 Å². The van der Waals surface area contributed by atoms with Crippen LogP contribution in [-0.4, -0.2) is 41.4 Å². The van der Waals surface area contributed by atoms with Gasteiger partial charge >= 0.3 is 5.97 Å². The van der Waals surface area contributed by atoms with Crippen molar-refractivity contribution in [3.05, 3.63) is 35.4 Å². The molecule has 1 unspecified atom stereocenters. The number of aliphatic carboxylic acids is 1. The van der Waals surface area contributed by atoms with Crippen molar-refractivity contribution in [1.82, 2.24) is 10.2 Å². The lowest BCUT2D eigenvalue weighted by molar-refractivity contribution is -0.138. The van der Waals surface area contributed by atoms with E-state index in [0.29, 0.717) is 0 Å². The zero-order chi connectivity index (χ0) is 18.5. The molecule has 0 saturated heterocycles. The van der Waals surface area contributed by atoms with Crippen LogP contribution in [-0.2, 0) is 19.8 Å². The minimum atomic E-state index is -1.000. The Morgan fingerprint density at radius 1 is 1.17 bits per heavy atom. The standard InChI is InChI=1S/C18H26N2O4/c1-12(21)20(5)11-16(22)19-15(10-17(23)24)13-6-8-14(9-7-13)18(2,3)4/h6-9,15H,10-11H2,1-5H3,(H,19,22)(H,23,24). The highest BCUT2D eigenvalue weighted by molar-refractivity contribution is 5.84.